The zero-order chi connectivity index (χ0) is 13.5. The lowest BCUT2D eigenvalue weighted by Crippen LogP contribution is -1.98. The van der Waals surface area contributed by atoms with Crippen molar-refractivity contribution in [2.75, 3.05) is 6.61 Å². The first-order valence-electron chi connectivity index (χ1n) is 6.34. The molecule has 0 amide bonds. The number of aliphatic hydroxyl groups is 1. The maximum Gasteiger partial charge on any atom is 0.125 e. The van der Waals surface area contributed by atoms with Crippen LogP contribution in [-0.2, 0) is 6.61 Å². The Kier molecular flexibility index (Phi) is 4.76. The molecule has 0 aliphatic rings. The zero-order valence-electron chi connectivity index (χ0n) is 11.0. The lowest BCUT2D eigenvalue weighted by atomic mass is 10.1. The van der Waals surface area contributed by atoms with Gasteiger partial charge in [-0.1, -0.05) is 54.1 Å². The number of aliphatic hydroxyl groups excluding tert-OH is 1. The van der Waals surface area contributed by atoms with Crippen molar-refractivity contribution < 1.29 is 9.84 Å². The molecule has 1 N–H and O–H groups in total. The molecule has 0 unspecified atom stereocenters. The van der Waals surface area contributed by atoms with Gasteiger partial charge in [0, 0.05) is 5.56 Å². The largest absolute Gasteiger partial charge is 0.489 e. The van der Waals surface area contributed by atoms with Crippen LogP contribution in [0.2, 0.25) is 0 Å². The molecule has 2 aromatic rings. The van der Waals surface area contributed by atoms with Crippen LogP contribution in [0.25, 0.3) is 6.08 Å². The molecular weight excluding hydrogens is 236 g/mol. The van der Waals surface area contributed by atoms with Gasteiger partial charge in [-0.2, -0.15) is 0 Å². The maximum atomic E-state index is 9.28. The van der Waals surface area contributed by atoms with E-state index in [4.69, 9.17) is 4.74 Å². The minimum atomic E-state index is -0.000582. The Morgan fingerprint density at radius 2 is 1.89 bits per heavy atom. The Balaban J connectivity index is 1.94. The van der Waals surface area contributed by atoms with E-state index < -0.39 is 0 Å². The fraction of sp³-hybridized carbons (Fsp3) is 0.176. The summed E-state index contributed by atoms with van der Waals surface area (Å²) >= 11 is 0. The quantitative estimate of drug-likeness (QED) is 0.883. The van der Waals surface area contributed by atoms with Crippen molar-refractivity contribution >= 4 is 6.08 Å². The molecule has 2 nitrogen and oxygen atoms in total. The number of hydrogen-bond donors (Lipinski definition) is 1. The van der Waals surface area contributed by atoms with Crippen LogP contribution in [0.5, 0.6) is 5.75 Å². The van der Waals surface area contributed by atoms with Crippen LogP contribution >= 0.6 is 0 Å². The van der Waals surface area contributed by atoms with E-state index in [-0.39, 0.29) is 6.61 Å². The van der Waals surface area contributed by atoms with Crippen molar-refractivity contribution in [3.8, 4) is 5.75 Å². The minimum Gasteiger partial charge on any atom is -0.489 e. The maximum absolute atomic E-state index is 9.28. The molecular formula is C17H18O2. The standard InChI is InChI=1S/C17H18O2/c1-14-9-10-17(16(12-14)13-18)19-11-5-8-15-6-3-2-4-7-15/h2-10,12,18H,11,13H2,1H3/b8-5+. The van der Waals surface area contributed by atoms with Crippen LogP contribution in [-0.4, -0.2) is 11.7 Å². The Bertz CT molecular complexity index is 544. The Labute approximate surface area is 114 Å². The second kappa shape index (κ2) is 6.76. The van der Waals surface area contributed by atoms with Gasteiger partial charge in [-0.25, -0.2) is 0 Å². The van der Waals surface area contributed by atoms with Gasteiger partial charge < -0.3 is 9.84 Å². The molecule has 0 aliphatic heterocycles. The molecule has 0 aromatic heterocycles. The van der Waals surface area contributed by atoms with Crippen molar-refractivity contribution in [1.29, 1.82) is 0 Å². The van der Waals surface area contributed by atoms with E-state index in [1.54, 1.807) is 0 Å². The molecule has 0 spiro atoms. The number of aryl methyl sites for hydroxylation is 1. The van der Waals surface area contributed by atoms with E-state index in [0.29, 0.717) is 6.61 Å². The normalized spacial score (nSPS) is 10.8. The third kappa shape index (κ3) is 3.97. The van der Waals surface area contributed by atoms with E-state index >= 15 is 0 Å². The summed E-state index contributed by atoms with van der Waals surface area (Å²) < 4.78 is 5.66. The Morgan fingerprint density at radius 3 is 2.63 bits per heavy atom. The molecule has 0 bridgehead atoms. The molecule has 98 valence electrons. The molecule has 2 aromatic carbocycles. The molecule has 0 aliphatic carbocycles. The van der Waals surface area contributed by atoms with Crippen LogP contribution in [0.3, 0.4) is 0 Å². The van der Waals surface area contributed by atoms with Crippen molar-refractivity contribution in [1.82, 2.24) is 0 Å². The van der Waals surface area contributed by atoms with E-state index in [9.17, 15) is 5.11 Å². The smallest absolute Gasteiger partial charge is 0.125 e. The summed E-state index contributed by atoms with van der Waals surface area (Å²) in [6.07, 6.45) is 3.99. The number of benzene rings is 2. The van der Waals surface area contributed by atoms with E-state index in [1.807, 2.05) is 67.6 Å². The van der Waals surface area contributed by atoms with Gasteiger partial charge in [0.2, 0.25) is 0 Å². The molecule has 2 heteroatoms. The van der Waals surface area contributed by atoms with Gasteiger partial charge in [-0.05, 0) is 24.6 Å². The summed E-state index contributed by atoms with van der Waals surface area (Å²) in [4.78, 5) is 0. The molecule has 19 heavy (non-hydrogen) atoms. The van der Waals surface area contributed by atoms with Crippen molar-refractivity contribution in [2.45, 2.75) is 13.5 Å². The summed E-state index contributed by atoms with van der Waals surface area (Å²) in [5.74, 6) is 0.741. The lowest BCUT2D eigenvalue weighted by molar-refractivity contribution is 0.270. The first-order valence-corrected chi connectivity index (χ1v) is 6.34. The molecule has 0 fully saturated rings. The lowest BCUT2D eigenvalue weighted by Gasteiger charge is -2.09. The third-order valence-corrected chi connectivity index (χ3v) is 2.83. The van der Waals surface area contributed by atoms with Crippen LogP contribution < -0.4 is 4.74 Å². The van der Waals surface area contributed by atoms with Gasteiger partial charge in [0.15, 0.2) is 0 Å². The van der Waals surface area contributed by atoms with Gasteiger partial charge in [0.05, 0.1) is 6.61 Å². The highest BCUT2D eigenvalue weighted by molar-refractivity contribution is 5.48. The highest BCUT2D eigenvalue weighted by Crippen LogP contribution is 2.20. The van der Waals surface area contributed by atoms with Gasteiger partial charge in [-0.15, -0.1) is 0 Å². The van der Waals surface area contributed by atoms with Gasteiger partial charge in [0.25, 0.3) is 0 Å². The Hall–Kier alpha value is -2.06. The highest BCUT2D eigenvalue weighted by Gasteiger charge is 2.01. The fourth-order valence-corrected chi connectivity index (χ4v) is 1.86. The molecule has 0 saturated heterocycles. The van der Waals surface area contributed by atoms with E-state index in [1.165, 1.54) is 0 Å². The van der Waals surface area contributed by atoms with Crippen LogP contribution in [0.4, 0.5) is 0 Å². The first-order chi connectivity index (χ1) is 9.29. The second-order valence-corrected chi connectivity index (χ2v) is 4.39. The predicted octanol–water partition coefficient (Wildman–Crippen LogP) is 3.58. The number of rotatable bonds is 5. The molecule has 0 radical (unpaired) electrons. The summed E-state index contributed by atoms with van der Waals surface area (Å²) in [5, 5.41) is 9.28. The zero-order valence-corrected chi connectivity index (χ0v) is 11.0. The summed E-state index contributed by atoms with van der Waals surface area (Å²) in [6, 6.07) is 15.9. The summed E-state index contributed by atoms with van der Waals surface area (Å²) in [6.45, 7) is 2.49. The first kappa shape index (κ1) is 13.4. The average molecular weight is 254 g/mol. The number of ether oxygens (including phenoxy) is 1. The second-order valence-electron chi connectivity index (χ2n) is 4.39. The minimum absolute atomic E-state index is 0.000582. The Morgan fingerprint density at radius 1 is 1.11 bits per heavy atom. The van der Waals surface area contributed by atoms with Crippen molar-refractivity contribution in [2.24, 2.45) is 0 Å². The highest BCUT2D eigenvalue weighted by atomic mass is 16.5. The number of hydrogen-bond acceptors (Lipinski definition) is 2. The SMILES string of the molecule is Cc1ccc(OC/C=C/c2ccccc2)c(CO)c1. The summed E-state index contributed by atoms with van der Waals surface area (Å²) in [7, 11) is 0. The van der Waals surface area contributed by atoms with Crippen LogP contribution in [0.1, 0.15) is 16.7 Å². The van der Waals surface area contributed by atoms with E-state index in [0.717, 1.165) is 22.4 Å². The van der Waals surface area contributed by atoms with Crippen molar-refractivity contribution in [3.05, 3.63) is 71.3 Å². The van der Waals surface area contributed by atoms with Crippen molar-refractivity contribution in [3.63, 3.8) is 0 Å². The predicted molar refractivity (Wildman–Crippen MR) is 78.1 cm³/mol. The molecule has 0 heterocycles. The van der Waals surface area contributed by atoms with Crippen LogP contribution in [0.15, 0.2) is 54.6 Å². The van der Waals surface area contributed by atoms with Gasteiger partial charge in [-0.3, -0.25) is 0 Å². The molecule has 0 saturated carbocycles. The van der Waals surface area contributed by atoms with Gasteiger partial charge in [0.1, 0.15) is 12.4 Å². The monoisotopic (exact) mass is 254 g/mol. The fourth-order valence-electron chi connectivity index (χ4n) is 1.86. The van der Waals surface area contributed by atoms with E-state index in [2.05, 4.69) is 0 Å². The van der Waals surface area contributed by atoms with Crippen LogP contribution in [0, 0.1) is 6.92 Å². The molecule has 2 rings (SSSR count). The topological polar surface area (TPSA) is 29.5 Å². The summed E-state index contributed by atoms with van der Waals surface area (Å²) in [5.41, 5.74) is 3.10. The molecule has 0 atom stereocenters. The average Bonchev–Trinajstić information content (AvgIpc) is 2.46. The third-order valence-electron chi connectivity index (χ3n) is 2.83. The van der Waals surface area contributed by atoms with Gasteiger partial charge >= 0.3 is 0 Å².